The average Bonchev–Trinajstić information content (AvgIpc) is 2.84. The summed E-state index contributed by atoms with van der Waals surface area (Å²) in [5, 5.41) is 2.64. The molecule has 4 N–H and O–H groups in total. The molecule has 0 unspecified atom stereocenters. The van der Waals surface area contributed by atoms with Crippen molar-refractivity contribution in [3.63, 3.8) is 0 Å². The number of nitrogens with one attached hydrogen (secondary N) is 2. The van der Waals surface area contributed by atoms with Crippen LogP contribution in [0, 0.1) is 0 Å². The molecule has 0 aliphatic rings. The third-order valence-corrected chi connectivity index (χ3v) is 2.18. The first-order chi connectivity index (χ1) is 8.63. The molecular weight excluding hydrogens is 232 g/mol. The largest absolute Gasteiger partial charge is 0.348 e. The lowest BCUT2D eigenvalue weighted by Gasteiger charge is -2.14. The van der Waals surface area contributed by atoms with Gasteiger partial charge in [-0.1, -0.05) is 13.8 Å². The van der Waals surface area contributed by atoms with Crippen molar-refractivity contribution in [1.82, 2.24) is 15.3 Å². The van der Waals surface area contributed by atoms with Gasteiger partial charge in [0.1, 0.15) is 0 Å². The molecule has 0 fully saturated rings. The molecule has 1 heterocycles. The Morgan fingerprint density at radius 1 is 1.50 bits per heavy atom. The van der Waals surface area contributed by atoms with Crippen molar-refractivity contribution in [1.29, 1.82) is 0 Å². The Morgan fingerprint density at radius 2 is 2.17 bits per heavy atom. The maximum Gasteiger partial charge on any atom is 0.221 e. The second-order valence-corrected chi connectivity index (χ2v) is 3.55. The van der Waals surface area contributed by atoms with Crippen LogP contribution in [0.4, 0.5) is 0 Å². The second kappa shape index (κ2) is 9.35. The van der Waals surface area contributed by atoms with Gasteiger partial charge in [0.15, 0.2) is 5.78 Å². The smallest absolute Gasteiger partial charge is 0.221 e. The van der Waals surface area contributed by atoms with Gasteiger partial charge in [0.2, 0.25) is 5.91 Å². The Kier molecular flexibility index (Phi) is 8.47. The van der Waals surface area contributed by atoms with Crippen molar-refractivity contribution in [3.05, 3.63) is 18.2 Å². The van der Waals surface area contributed by atoms with Gasteiger partial charge < -0.3 is 16.0 Å². The summed E-state index contributed by atoms with van der Waals surface area (Å²) in [4.78, 5) is 29.4. The lowest BCUT2D eigenvalue weighted by atomic mass is 10.1. The summed E-state index contributed by atoms with van der Waals surface area (Å²) in [6.07, 6.45) is 3.82. The number of carbonyl (C=O) groups is 2. The van der Waals surface area contributed by atoms with Crippen LogP contribution in [0.5, 0.6) is 0 Å². The van der Waals surface area contributed by atoms with Crippen molar-refractivity contribution in [2.45, 2.75) is 39.7 Å². The number of nitrogens with zero attached hydrogens (tertiary/aromatic N) is 1. The summed E-state index contributed by atoms with van der Waals surface area (Å²) in [5.41, 5.74) is 6.07. The molecule has 0 radical (unpaired) electrons. The molecule has 1 rings (SSSR count). The lowest BCUT2D eigenvalue weighted by Crippen LogP contribution is -2.42. The Balaban J connectivity index is 0.00000137. The van der Waals surface area contributed by atoms with E-state index in [1.165, 1.54) is 13.3 Å². The minimum atomic E-state index is -0.514. The molecular formula is C12H22N4O2. The predicted octanol–water partition coefficient (Wildman–Crippen LogP) is 0.401. The monoisotopic (exact) mass is 254 g/mol. The van der Waals surface area contributed by atoms with Gasteiger partial charge in [-0.2, -0.15) is 0 Å². The summed E-state index contributed by atoms with van der Waals surface area (Å²) in [7, 11) is 0. The molecule has 0 spiro atoms. The van der Waals surface area contributed by atoms with Crippen molar-refractivity contribution >= 4 is 11.7 Å². The SMILES string of the molecule is CC.CC(=O)[C@H](Cc1cnc[nH]1)NC(=O)CCN. The molecule has 0 saturated heterocycles. The van der Waals surface area contributed by atoms with E-state index in [9.17, 15) is 9.59 Å². The van der Waals surface area contributed by atoms with Gasteiger partial charge in [0.05, 0.1) is 12.4 Å². The van der Waals surface area contributed by atoms with Crippen LogP contribution >= 0.6 is 0 Å². The zero-order chi connectivity index (χ0) is 14.0. The molecule has 0 aliphatic carbocycles. The van der Waals surface area contributed by atoms with Gasteiger partial charge in [0.25, 0.3) is 0 Å². The van der Waals surface area contributed by atoms with E-state index in [1.54, 1.807) is 6.20 Å². The first kappa shape index (κ1) is 16.3. The minimum absolute atomic E-state index is 0.0834. The predicted molar refractivity (Wildman–Crippen MR) is 69.9 cm³/mol. The van der Waals surface area contributed by atoms with Gasteiger partial charge in [-0.05, 0) is 6.92 Å². The second-order valence-electron chi connectivity index (χ2n) is 3.55. The van der Waals surface area contributed by atoms with Crippen molar-refractivity contribution < 1.29 is 9.59 Å². The maximum atomic E-state index is 11.3. The van der Waals surface area contributed by atoms with E-state index in [1.807, 2.05) is 13.8 Å². The number of imidazole rings is 1. The molecule has 0 saturated carbocycles. The number of aromatic amines is 1. The number of hydrogen-bond donors (Lipinski definition) is 3. The summed E-state index contributed by atoms with van der Waals surface area (Å²) in [6.45, 7) is 5.73. The number of carbonyl (C=O) groups excluding carboxylic acids is 2. The van der Waals surface area contributed by atoms with Crippen LogP contribution in [-0.4, -0.2) is 34.2 Å². The van der Waals surface area contributed by atoms with E-state index in [2.05, 4.69) is 15.3 Å². The number of nitrogens with two attached hydrogens (primary N) is 1. The Morgan fingerprint density at radius 3 is 2.61 bits per heavy atom. The number of amides is 1. The summed E-state index contributed by atoms with van der Waals surface area (Å²) in [5.74, 6) is -0.290. The quantitative estimate of drug-likeness (QED) is 0.684. The average molecular weight is 254 g/mol. The van der Waals surface area contributed by atoms with E-state index in [-0.39, 0.29) is 24.7 Å². The van der Waals surface area contributed by atoms with Gasteiger partial charge in [0, 0.05) is 31.3 Å². The number of hydrogen-bond acceptors (Lipinski definition) is 4. The van der Waals surface area contributed by atoms with Gasteiger partial charge >= 0.3 is 0 Å². The number of H-pyrrole nitrogens is 1. The normalized spacial score (nSPS) is 11.1. The van der Waals surface area contributed by atoms with Gasteiger partial charge in [-0.15, -0.1) is 0 Å². The van der Waals surface area contributed by atoms with Crippen LogP contribution < -0.4 is 11.1 Å². The first-order valence-electron chi connectivity index (χ1n) is 6.10. The zero-order valence-corrected chi connectivity index (χ0v) is 11.2. The molecule has 0 bridgehead atoms. The summed E-state index contributed by atoms with van der Waals surface area (Å²) >= 11 is 0. The number of Topliss-reactive ketones (excluding diaryl/α,β-unsaturated/α-hetero) is 1. The number of ketones is 1. The molecule has 1 aromatic heterocycles. The fourth-order valence-electron chi connectivity index (χ4n) is 1.31. The van der Waals surface area contributed by atoms with E-state index in [0.29, 0.717) is 6.42 Å². The lowest BCUT2D eigenvalue weighted by molar-refractivity contribution is -0.126. The third-order valence-electron chi connectivity index (χ3n) is 2.18. The molecule has 1 atom stereocenters. The molecule has 102 valence electrons. The maximum absolute atomic E-state index is 11.3. The van der Waals surface area contributed by atoms with Crippen molar-refractivity contribution in [3.8, 4) is 0 Å². The van der Waals surface area contributed by atoms with Crippen molar-refractivity contribution in [2.75, 3.05) is 6.54 Å². The van der Waals surface area contributed by atoms with Crippen LogP contribution in [0.2, 0.25) is 0 Å². The highest BCUT2D eigenvalue weighted by Gasteiger charge is 2.17. The van der Waals surface area contributed by atoms with Crippen molar-refractivity contribution in [2.24, 2.45) is 5.73 Å². The Bertz CT molecular complexity index is 349. The number of aromatic nitrogens is 2. The minimum Gasteiger partial charge on any atom is -0.348 e. The third kappa shape index (κ3) is 6.15. The van der Waals surface area contributed by atoms with Crippen LogP contribution in [-0.2, 0) is 16.0 Å². The van der Waals surface area contributed by atoms with E-state index in [0.717, 1.165) is 5.69 Å². The van der Waals surface area contributed by atoms with Gasteiger partial charge in [-0.25, -0.2) is 4.98 Å². The topological polar surface area (TPSA) is 101 Å². The molecule has 6 nitrogen and oxygen atoms in total. The van der Waals surface area contributed by atoms with Crippen LogP contribution in [0.25, 0.3) is 0 Å². The zero-order valence-electron chi connectivity index (χ0n) is 11.2. The van der Waals surface area contributed by atoms with Crippen LogP contribution in [0.3, 0.4) is 0 Å². The van der Waals surface area contributed by atoms with Gasteiger partial charge in [-0.3, -0.25) is 9.59 Å². The highest BCUT2D eigenvalue weighted by molar-refractivity contribution is 5.87. The highest BCUT2D eigenvalue weighted by atomic mass is 16.2. The molecule has 0 aliphatic heterocycles. The molecule has 18 heavy (non-hydrogen) atoms. The fraction of sp³-hybridized carbons (Fsp3) is 0.583. The van der Waals surface area contributed by atoms with E-state index >= 15 is 0 Å². The molecule has 0 aromatic carbocycles. The standard InChI is InChI=1S/C10H16N4O2.C2H6/c1-7(15)9(14-10(16)2-3-11)4-8-5-12-6-13-8;1-2/h5-6,9H,2-4,11H2,1H3,(H,12,13)(H,14,16);1-2H3/t9-;/m0./s1. The molecule has 6 heteroatoms. The van der Waals surface area contributed by atoms with Crippen LogP contribution in [0.15, 0.2) is 12.5 Å². The number of rotatable bonds is 6. The summed E-state index contributed by atoms with van der Waals surface area (Å²) < 4.78 is 0. The van der Waals surface area contributed by atoms with E-state index in [4.69, 9.17) is 5.73 Å². The molecule has 1 amide bonds. The van der Waals surface area contributed by atoms with Crippen LogP contribution in [0.1, 0.15) is 32.9 Å². The summed E-state index contributed by atoms with van der Waals surface area (Å²) in [6, 6.07) is -0.514. The first-order valence-corrected chi connectivity index (χ1v) is 6.10. The molecule has 1 aromatic rings. The Labute approximate surface area is 107 Å². The fourth-order valence-corrected chi connectivity index (χ4v) is 1.31. The highest BCUT2D eigenvalue weighted by Crippen LogP contribution is 2.00. The Hall–Kier alpha value is -1.69. The van der Waals surface area contributed by atoms with E-state index < -0.39 is 6.04 Å².